The summed E-state index contributed by atoms with van der Waals surface area (Å²) in [6.07, 6.45) is 3.12. The summed E-state index contributed by atoms with van der Waals surface area (Å²) in [5, 5.41) is 5.53. The van der Waals surface area contributed by atoms with E-state index in [-0.39, 0.29) is 5.75 Å². The maximum Gasteiger partial charge on any atom is 0.218 e. The van der Waals surface area contributed by atoms with Gasteiger partial charge < -0.3 is 4.90 Å². The second-order valence-corrected chi connectivity index (χ2v) is 11.7. The minimum atomic E-state index is -3.43. The van der Waals surface area contributed by atoms with Gasteiger partial charge >= 0.3 is 0 Å². The monoisotopic (exact) mass is 538 g/mol. The third-order valence-corrected chi connectivity index (χ3v) is 8.85. The van der Waals surface area contributed by atoms with Crippen LogP contribution in [0.15, 0.2) is 97.2 Å². The van der Waals surface area contributed by atoms with Crippen molar-refractivity contribution in [2.75, 3.05) is 31.1 Å². The molecule has 1 aliphatic rings. The third kappa shape index (κ3) is 5.55. The molecule has 6 rings (SSSR count). The molecule has 1 fully saturated rings. The summed E-state index contributed by atoms with van der Waals surface area (Å²) < 4.78 is 30.0. The van der Waals surface area contributed by atoms with Gasteiger partial charge in [0.05, 0.1) is 23.0 Å². The molecule has 198 valence electrons. The summed E-state index contributed by atoms with van der Waals surface area (Å²) in [5.41, 5.74) is 3.60. The normalized spacial score (nSPS) is 14.9. The molecule has 0 bridgehead atoms. The Hall–Kier alpha value is -4.08. The van der Waals surface area contributed by atoms with Gasteiger partial charge in [0, 0.05) is 32.6 Å². The molecule has 9 heteroatoms. The Morgan fingerprint density at radius 3 is 2.10 bits per heavy atom. The summed E-state index contributed by atoms with van der Waals surface area (Å²) in [4.78, 5) is 12.1. The zero-order chi connectivity index (χ0) is 26.7. The fourth-order valence-corrected chi connectivity index (χ4v) is 6.62. The first kappa shape index (κ1) is 25.2. The predicted molar refractivity (Wildman–Crippen MR) is 153 cm³/mol. The first-order chi connectivity index (χ1) is 19.1. The zero-order valence-corrected chi connectivity index (χ0v) is 22.4. The van der Waals surface area contributed by atoms with Gasteiger partial charge in [0.25, 0.3) is 0 Å². The lowest BCUT2D eigenvalue weighted by molar-refractivity contribution is 0.432. The quantitative estimate of drug-likeness (QED) is 0.305. The molecule has 0 radical (unpaired) electrons. The molecule has 0 aliphatic carbocycles. The van der Waals surface area contributed by atoms with Crippen molar-refractivity contribution in [1.82, 2.24) is 24.1 Å². The molecule has 0 N–H and O–H groups in total. The molecule has 3 aromatic carbocycles. The third-order valence-electron chi connectivity index (χ3n) is 7.00. The van der Waals surface area contributed by atoms with Crippen molar-refractivity contribution in [3.8, 4) is 5.69 Å². The van der Waals surface area contributed by atoms with Crippen LogP contribution in [-0.4, -0.2) is 58.7 Å². The molecule has 0 unspecified atom stereocenters. The fraction of sp³-hybridized carbons (Fsp3) is 0.233. The van der Waals surface area contributed by atoms with E-state index in [0.717, 1.165) is 33.7 Å². The molecule has 5 aromatic rings. The molecule has 1 saturated heterocycles. The van der Waals surface area contributed by atoms with E-state index in [2.05, 4.69) is 22.1 Å². The van der Waals surface area contributed by atoms with Crippen molar-refractivity contribution in [1.29, 1.82) is 0 Å². The van der Waals surface area contributed by atoms with Gasteiger partial charge in [-0.3, -0.25) is 0 Å². The number of sulfonamides is 1. The summed E-state index contributed by atoms with van der Waals surface area (Å²) in [6, 6.07) is 29.5. The van der Waals surface area contributed by atoms with Crippen molar-refractivity contribution in [3.05, 3.63) is 114 Å². The van der Waals surface area contributed by atoms with Gasteiger partial charge in [0.1, 0.15) is 11.6 Å². The van der Waals surface area contributed by atoms with Crippen LogP contribution in [0.3, 0.4) is 0 Å². The van der Waals surface area contributed by atoms with Gasteiger partial charge in [-0.05, 0) is 29.7 Å². The van der Waals surface area contributed by atoms with E-state index >= 15 is 0 Å². The van der Waals surface area contributed by atoms with Gasteiger partial charge in [-0.2, -0.15) is 9.40 Å². The van der Waals surface area contributed by atoms with Crippen LogP contribution >= 0.6 is 0 Å². The minimum Gasteiger partial charge on any atom is -0.355 e. The highest BCUT2D eigenvalue weighted by Gasteiger charge is 2.27. The SMILES string of the molecule is O=S(=O)(Cc1ccccc1)N1CCCN(c2nc(Cc3ccccc3)nc3c2cnn3-c2ccccc2)CC1. The lowest BCUT2D eigenvalue weighted by Crippen LogP contribution is -2.36. The number of hydrogen-bond donors (Lipinski definition) is 0. The Kier molecular flexibility index (Phi) is 7.08. The molecule has 39 heavy (non-hydrogen) atoms. The largest absolute Gasteiger partial charge is 0.355 e. The van der Waals surface area contributed by atoms with Crippen LogP contribution in [0, 0.1) is 0 Å². The molecule has 0 amide bonds. The van der Waals surface area contributed by atoms with E-state index in [1.165, 1.54) is 0 Å². The number of hydrogen-bond acceptors (Lipinski definition) is 6. The highest BCUT2D eigenvalue weighted by Crippen LogP contribution is 2.28. The van der Waals surface area contributed by atoms with Crippen molar-refractivity contribution >= 4 is 26.9 Å². The number of nitrogens with zero attached hydrogens (tertiary/aromatic N) is 6. The summed E-state index contributed by atoms with van der Waals surface area (Å²) >= 11 is 0. The number of aromatic nitrogens is 4. The van der Waals surface area contributed by atoms with E-state index in [1.54, 1.807) is 4.31 Å². The Labute approximate surface area is 228 Å². The number of para-hydroxylation sites is 1. The highest BCUT2D eigenvalue weighted by molar-refractivity contribution is 7.88. The van der Waals surface area contributed by atoms with Crippen molar-refractivity contribution in [3.63, 3.8) is 0 Å². The standard InChI is InChI=1S/C30H30N6O2S/c37-39(38,23-25-13-6-2-7-14-25)35-18-10-17-34(19-20-35)29-27-22-31-36(26-15-8-3-9-16-26)30(27)33-28(32-29)21-24-11-4-1-5-12-24/h1-9,11-16,22H,10,17-21,23H2. The second kappa shape index (κ2) is 11.0. The molecule has 2 aromatic heterocycles. The smallest absolute Gasteiger partial charge is 0.218 e. The Morgan fingerprint density at radius 2 is 1.38 bits per heavy atom. The van der Waals surface area contributed by atoms with Gasteiger partial charge in [0.15, 0.2) is 5.65 Å². The topological polar surface area (TPSA) is 84.2 Å². The average Bonchev–Trinajstić information content (AvgIpc) is 3.21. The molecule has 0 atom stereocenters. The number of benzene rings is 3. The molecule has 3 heterocycles. The summed E-state index contributed by atoms with van der Waals surface area (Å²) in [7, 11) is -3.43. The van der Waals surface area contributed by atoms with Crippen molar-refractivity contribution in [2.24, 2.45) is 0 Å². The fourth-order valence-electron chi connectivity index (χ4n) is 5.05. The summed E-state index contributed by atoms with van der Waals surface area (Å²) in [6.45, 7) is 2.13. The van der Waals surface area contributed by atoms with E-state index in [9.17, 15) is 8.42 Å². The molecular weight excluding hydrogens is 508 g/mol. The van der Waals surface area contributed by atoms with Gasteiger partial charge in [0.2, 0.25) is 10.0 Å². The molecule has 0 spiro atoms. The maximum atomic E-state index is 13.2. The second-order valence-electron chi connectivity index (χ2n) is 9.74. The maximum absolute atomic E-state index is 13.2. The zero-order valence-electron chi connectivity index (χ0n) is 21.6. The van der Waals surface area contributed by atoms with Crippen LogP contribution in [-0.2, 0) is 22.2 Å². The van der Waals surface area contributed by atoms with Crippen LogP contribution in [0.2, 0.25) is 0 Å². The number of fused-ring (bicyclic) bond motifs is 1. The minimum absolute atomic E-state index is 0.0106. The van der Waals surface area contributed by atoms with Crippen LogP contribution in [0.1, 0.15) is 23.4 Å². The lowest BCUT2D eigenvalue weighted by atomic mass is 10.1. The van der Waals surface area contributed by atoms with Gasteiger partial charge in [-0.25, -0.2) is 23.1 Å². The first-order valence-corrected chi connectivity index (χ1v) is 14.8. The van der Waals surface area contributed by atoms with Gasteiger partial charge in [-0.15, -0.1) is 0 Å². The van der Waals surface area contributed by atoms with Crippen molar-refractivity contribution in [2.45, 2.75) is 18.6 Å². The average molecular weight is 539 g/mol. The lowest BCUT2D eigenvalue weighted by Gasteiger charge is -2.23. The Bertz CT molecular complexity index is 1660. The summed E-state index contributed by atoms with van der Waals surface area (Å²) in [5.74, 6) is 1.52. The van der Waals surface area contributed by atoms with Crippen LogP contribution < -0.4 is 4.90 Å². The first-order valence-electron chi connectivity index (χ1n) is 13.2. The Balaban J connectivity index is 1.33. The number of rotatable bonds is 7. The van der Waals surface area contributed by atoms with Crippen LogP contribution in [0.25, 0.3) is 16.7 Å². The molecule has 1 aliphatic heterocycles. The van der Waals surface area contributed by atoms with Crippen LogP contribution in [0.4, 0.5) is 5.82 Å². The van der Waals surface area contributed by atoms with Gasteiger partial charge in [-0.1, -0.05) is 78.9 Å². The van der Waals surface area contributed by atoms with E-state index in [4.69, 9.17) is 9.97 Å². The Morgan fingerprint density at radius 1 is 0.718 bits per heavy atom. The van der Waals surface area contributed by atoms with E-state index < -0.39 is 10.0 Å². The van der Waals surface area contributed by atoms with Crippen LogP contribution in [0.5, 0.6) is 0 Å². The number of anilines is 1. The predicted octanol–water partition coefficient (Wildman–Crippen LogP) is 4.45. The van der Waals surface area contributed by atoms with Crippen molar-refractivity contribution < 1.29 is 8.42 Å². The highest BCUT2D eigenvalue weighted by atomic mass is 32.2. The van der Waals surface area contributed by atoms with E-state index in [0.29, 0.717) is 44.8 Å². The van der Waals surface area contributed by atoms with E-state index in [1.807, 2.05) is 89.7 Å². The molecule has 0 saturated carbocycles. The molecular formula is C30H30N6O2S. The molecule has 8 nitrogen and oxygen atoms in total.